The van der Waals surface area contributed by atoms with Gasteiger partial charge in [0.2, 0.25) is 0 Å². The quantitative estimate of drug-likeness (QED) is 0.0222. The first kappa shape index (κ1) is 82.1. The molecule has 0 bridgehead atoms. The van der Waals surface area contributed by atoms with Crippen molar-refractivity contribution in [2.75, 3.05) is 39.6 Å². The zero-order valence-electron chi connectivity index (χ0n) is 54.5. The average molecular weight is 1240 g/mol. The second-order valence-corrected chi connectivity index (χ2v) is 28.3. The lowest BCUT2D eigenvalue weighted by Crippen LogP contribution is -2.30. The van der Waals surface area contributed by atoms with Gasteiger partial charge >= 0.3 is 39.5 Å². The lowest BCUT2D eigenvalue weighted by atomic mass is 10.0. The third-order valence-electron chi connectivity index (χ3n) is 14.8. The maximum Gasteiger partial charge on any atom is 0.472 e. The highest BCUT2D eigenvalue weighted by Gasteiger charge is 2.30. The van der Waals surface area contributed by atoms with Crippen molar-refractivity contribution >= 4 is 39.5 Å². The van der Waals surface area contributed by atoms with Crippen molar-refractivity contribution in [1.29, 1.82) is 0 Å². The summed E-state index contributed by atoms with van der Waals surface area (Å²) >= 11 is 0. The van der Waals surface area contributed by atoms with Crippen molar-refractivity contribution in [3.63, 3.8) is 0 Å². The van der Waals surface area contributed by atoms with Gasteiger partial charge in [0.05, 0.1) is 26.4 Å². The van der Waals surface area contributed by atoms with E-state index < -0.39 is 97.5 Å². The number of aliphatic hydroxyl groups is 1. The maximum atomic E-state index is 13.0. The van der Waals surface area contributed by atoms with Crippen LogP contribution in [0.2, 0.25) is 0 Å². The molecular weight excluding hydrogens is 1110 g/mol. The number of rotatable bonds is 62. The van der Waals surface area contributed by atoms with E-state index in [9.17, 15) is 43.2 Å². The summed E-state index contributed by atoms with van der Waals surface area (Å²) in [5.41, 5.74) is 0. The summed E-state index contributed by atoms with van der Waals surface area (Å²) in [5, 5.41) is 10.5. The predicted octanol–water partition coefficient (Wildman–Crippen LogP) is 17.8. The molecule has 0 amide bonds. The SMILES string of the molecule is CC(C)CCCCCCCCCCCCCC(=O)OC[C@H](COP(=O)(O)OC[C@@H](O)COP(=O)(O)OC[C@@H](COC(=O)CCCCCCCCC(C)C)OC(=O)CCCCCCCCCC(C)C)OC(=O)CCCCCCCCCCC(C)C. The van der Waals surface area contributed by atoms with Gasteiger partial charge in [0.15, 0.2) is 12.2 Å². The molecule has 0 saturated carbocycles. The van der Waals surface area contributed by atoms with Crippen molar-refractivity contribution in [1.82, 2.24) is 0 Å². The number of carbonyl (C=O) groups is 4. The van der Waals surface area contributed by atoms with Crippen molar-refractivity contribution < 1.29 is 80.2 Å². The summed E-state index contributed by atoms with van der Waals surface area (Å²) in [4.78, 5) is 72.2. The standard InChI is InChI=1S/C65H126O17P2/c1-55(2)41-33-25-17-12-10-9-11-13-20-29-37-45-62(67)75-51-60(81-64(69)47-39-31-21-15-14-18-26-34-42-56(3)4)53-79-83(71,72)77-49-59(66)50-78-84(73,74)80-54-61(52-76-63(68)46-38-30-24-23-28-36-44-58(7)8)82-65(70)48-40-32-22-16-19-27-35-43-57(5)6/h55-61,66H,9-54H2,1-8H3,(H,71,72)(H,73,74)/t59-,60-,61-/m1/s1. The molecule has 498 valence electrons. The number of phosphoric ester groups is 2. The van der Waals surface area contributed by atoms with Gasteiger partial charge in [-0.25, -0.2) is 9.13 Å². The number of aliphatic hydroxyl groups excluding tert-OH is 1. The average Bonchev–Trinajstić information content (AvgIpc) is 3.55. The fourth-order valence-corrected chi connectivity index (χ4v) is 11.2. The summed E-state index contributed by atoms with van der Waals surface area (Å²) in [6.07, 6.45) is 35.1. The third-order valence-corrected chi connectivity index (χ3v) is 16.7. The second-order valence-electron chi connectivity index (χ2n) is 25.4. The van der Waals surface area contributed by atoms with Crippen LogP contribution in [0.5, 0.6) is 0 Å². The molecule has 0 saturated heterocycles. The van der Waals surface area contributed by atoms with Gasteiger partial charge in [0.25, 0.3) is 0 Å². The van der Waals surface area contributed by atoms with Crippen LogP contribution in [0.15, 0.2) is 0 Å². The lowest BCUT2D eigenvalue weighted by Gasteiger charge is -2.21. The van der Waals surface area contributed by atoms with Crippen LogP contribution in [0.3, 0.4) is 0 Å². The predicted molar refractivity (Wildman–Crippen MR) is 335 cm³/mol. The van der Waals surface area contributed by atoms with Crippen molar-refractivity contribution in [3.8, 4) is 0 Å². The van der Waals surface area contributed by atoms with E-state index in [4.69, 9.17) is 37.0 Å². The summed E-state index contributed by atoms with van der Waals surface area (Å²) in [7, 11) is -9.89. The Bertz CT molecular complexity index is 1680. The number of hydrogen-bond donors (Lipinski definition) is 3. The van der Waals surface area contributed by atoms with Gasteiger partial charge in [0.1, 0.15) is 19.3 Å². The van der Waals surface area contributed by atoms with E-state index in [1.165, 1.54) is 109 Å². The minimum atomic E-state index is -4.95. The Labute approximate surface area is 511 Å². The lowest BCUT2D eigenvalue weighted by molar-refractivity contribution is -0.161. The smallest absolute Gasteiger partial charge is 0.462 e. The Balaban J connectivity index is 5.23. The maximum absolute atomic E-state index is 13.0. The van der Waals surface area contributed by atoms with E-state index in [1.807, 2.05) is 0 Å². The summed E-state index contributed by atoms with van der Waals surface area (Å²) < 4.78 is 68.0. The first-order valence-corrected chi connectivity index (χ1v) is 36.7. The third kappa shape index (κ3) is 59.0. The van der Waals surface area contributed by atoms with Gasteiger partial charge in [0, 0.05) is 25.7 Å². The van der Waals surface area contributed by atoms with E-state index in [0.29, 0.717) is 37.5 Å². The highest BCUT2D eigenvalue weighted by molar-refractivity contribution is 7.47. The minimum Gasteiger partial charge on any atom is -0.462 e. The molecule has 84 heavy (non-hydrogen) atoms. The second kappa shape index (κ2) is 55.2. The van der Waals surface area contributed by atoms with Crippen LogP contribution in [0, 0.1) is 23.7 Å². The summed E-state index contributed by atoms with van der Waals surface area (Å²) in [6.45, 7) is 13.9. The van der Waals surface area contributed by atoms with Gasteiger partial charge in [-0.15, -0.1) is 0 Å². The van der Waals surface area contributed by atoms with Gasteiger partial charge < -0.3 is 33.8 Å². The molecule has 0 aliphatic carbocycles. The first-order valence-electron chi connectivity index (χ1n) is 33.7. The van der Waals surface area contributed by atoms with E-state index in [2.05, 4.69) is 55.4 Å². The van der Waals surface area contributed by atoms with Crippen LogP contribution in [-0.2, 0) is 65.4 Å². The van der Waals surface area contributed by atoms with Crippen molar-refractivity contribution in [2.24, 2.45) is 23.7 Å². The number of esters is 4. The Morgan fingerprint density at radius 1 is 0.298 bits per heavy atom. The van der Waals surface area contributed by atoms with Gasteiger partial charge in [-0.1, -0.05) is 261 Å². The van der Waals surface area contributed by atoms with Crippen LogP contribution in [0.25, 0.3) is 0 Å². The molecule has 0 rings (SSSR count). The molecule has 3 N–H and O–H groups in total. The Morgan fingerprint density at radius 3 is 0.738 bits per heavy atom. The fraction of sp³-hybridized carbons (Fsp3) is 0.938. The molecule has 17 nitrogen and oxygen atoms in total. The van der Waals surface area contributed by atoms with Crippen LogP contribution in [0.4, 0.5) is 0 Å². The molecule has 2 unspecified atom stereocenters. The molecule has 5 atom stereocenters. The van der Waals surface area contributed by atoms with Crippen LogP contribution in [-0.4, -0.2) is 96.7 Å². The van der Waals surface area contributed by atoms with Crippen molar-refractivity contribution in [2.45, 2.75) is 331 Å². The number of hydrogen-bond acceptors (Lipinski definition) is 15. The summed E-state index contributed by atoms with van der Waals surface area (Å²) in [6, 6.07) is 0. The monoisotopic (exact) mass is 1240 g/mol. The van der Waals surface area contributed by atoms with Gasteiger partial charge in [-0.2, -0.15) is 0 Å². The van der Waals surface area contributed by atoms with E-state index in [-0.39, 0.29) is 25.7 Å². The minimum absolute atomic E-state index is 0.102. The molecule has 19 heteroatoms. The zero-order chi connectivity index (χ0) is 62.5. The van der Waals surface area contributed by atoms with Crippen LogP contribution in [0.1, 0.15) is 312 Å². The van der Waals surface area contributed by atoms with E-state index in [1.54, 1.807) is 0 Å². The zero-order valence-corrected chi connectivity index (χ0v) is 56.3. The molecule has 0 aromatic heterocycles. The molecule has 0 aromatic rings. The fourth-order valence-electron chi connectivity index (χ4n) is 9.61. The van der Waals surface area contributed by atoms with Gasteiger partial charge in [-0.3, -0.25) is 37.3 Å². The van der Waals surface area contributed by atoms with Crippen LogP contribution < -0.4 is 0 Å². The van der Waals surface area contributed by atoms with E-state index in [0.717, 1.165) is 108 Å². The van der Waals surface area contributed by atoms with E-state index >= 15 is 0 Å². The topological polar surface area (TPSA) is 237 Å². The highest BCUT2D eigenvalue weighted by Crippen LogP contribution is 2.45. The molecule has 0 aliphatic heterocycles. The normalized spacial score (nSPS) is 14.4. The highest BCUT2D eigenvalue weighted by atomic mass is 31.2. The number of phosphoric acid groups is 2. The largest absolute Gasteiger partial charge is 0.472 e. The molecular formula is C65H126O17P2. The van der Waals surface area contributed by atoms with Crippen molar-refractivity contribution in [3.05, 3.63) is 0 Å². The Morgan fingerprint density at radius 2 is 0.500 bits per heavy atom. The molecule has 0 aliphatic rings. The molecule has 0 heterocycles. The molecule has 0 fully saturated rings. The Hall–Kier alpha value is -1.94. The summed E-state index contributed by atoms with van der Waals surface area (Å²) in [5.74, 6) is 0.723. The number of ether oxygens (including phenoxy) is 4. The molecule has 0 aromatic carbocycles. The molecule has 0 spiro atoms. The molecule has 0 radical (unpaired) electrons. The van der Waals surface area contributed by atoms with Crippen LogP contribution >= 0.6 is 15.6 Å². The Kier molecular flexibility index (Phi) is 53.9. The van der Waals surface area contributed by atoms with Gasteiger partial charge in [-0.05, 0) is 49.4 Å². The number of carbonyl (C=O) groups excluding carboxylic acids is 4. The first-order chi connectivity index (χ1) is 40.1. The number of unbranched alkanes of at least 4 members (excludes halogenated alkanes) is 28.